The molecule has 0 amide bonds. The second-order valence-electron chi connectivity index (χ2n) is 4.01. The van der Waals surface area contributed by atoms with Crippen molar-refractivity contribution in [1.82, 2.24) is 9.97 Å². The van der Waals surface area contributed by atoms with E-state index in [9.17, 15) is 0 Å². The molecule has 0 atom stereocenters. The van der Waals surface area contributed by atoms with Crippen LogP contribution in [0.5, 0.6) is 11.5 Å². The van der Waals surface area contributed by atoms with Crippen molar-refractivity contribution in [1.29, 1.82) is 0 Å². The number of hydrogen-bond acceptors (Lipinski definition) is 4. The van der Waals surface area contributed by atoms with Crippen molar-refractivity contribution in [2.45, 2.75) is 13.5 Å². The van der Waals surface area contributed by atoms with Gasteiger partial charge in [-0.05, 0) is 6.92 Å². The van der Waals surface area contributed by atoms with Gasteiger partial charge in [-0.3, -0.25) is 0 Å². The van der Waals surface area contributed by atoms with Crippen molar-refractivity contribution in [3.63, 3.8) is 0 Å². The van der Waals surface area contributed by atoms with E-state index in [1.165, 1.54) is 0 Å². The largest absolute Gasteiger partial charge is 0.493 e. The van der Waals surface area contributed by atoms with Crippen LogP contribution in [-0.4, -0.2) is 24.2 Å². The summed E-state index contributed by atoms with van der Waals surface area (Å²) >= 11 is 6.19. The molecule has 6 heteroatoms. The Labute approximate surface area is 116 Å². The van der Waals surface area contributed by atoms with Gasteiger partial charge in [0.15, 0.2) is 11.5 Å². The van der Waals surface area contributed by atoms with Crippen molar-refractivity contribution < 1.29 is 9.47 Å². The molecule has 5 nitrogen and oxygen atoms in total. The lowest BCUT2D eigenvalue weighted by molar-refractivity contribution is 0.355. The van der Waals surface area contributed by atoms with Crippen molar-refractivity contribution in [2.24, 2.45) is 0 Å². The van der Waals surface area contributed by atoms with Gasteiger partial charge < -0.3 is 19.8 Å². The van der Waals surface area contributed by atoms with Gasteiger partial charge >= 0.3 is 0 Å². The number of nitrogens with one attached hydrogen (secondary N) is 2. The highest BCUT2D eigenvalue weighted by atomic mass is 35.5. The summed E-state index contributed by atoms with van der Waals surface area (Å²) in [5.41, 5.74) is 2.76. The number of aromatic nitrogens is 2. The molecule has 1 heterocycles. The number of halogens is 1. The number of ether oxygens (including phenoxy) is 2. The zero-order chi connectivity index (χ0) is 13.8. The van der Waals surface area contributed by atoms with E-state index < -0.39 is 0 Å². The molecule has 19 heavy (non-hydrogen) atoms. The molecule has 1 aromatic carbocycles. The summed E-state index contributed by atoms with van der Waals surface area (Å²) in [6, 6.07) is 3.53. The van der Waals surface area contributed by atoms with E-state index in [1.807, 2.05) is 13.0 Å². The molecule has 102 valence electrons. The Morgan fingerprint density at radius 1 is 1.26 bits per heavy atom. The summed E-state index contributed by atoms with van der Waals surface area (Å²) in [5, 5.41) is 3.81. The number of anilines is 1. The fourth-order valence-corrected chi connectivity index (χ4v) is 1.95. The van der Waals surface area contributed by atoms with Crippen LogP contribution in [-0.2, 0) is 6.54 Å². The number of aryl methyl sites for hydroxylation is 1. The summed E-state index contributed by atoms with van der Waals surface area (Å²) in [5.74, 6) is 1.24. The maximum Gasteiger partial charge on any atom is 0.162 e. The van der Waals surface area contributed by atoms with E-state index in [-0.39, 0.29) is 0 Å². The fraction of sp³-hybridized carbons (Fsp3) is 0.308. The van der Waals surface area contributed by atoms with Gasteiger partial charge in [0.25, 0.3) is 0 Å². The smallest absolute Gasteiger partial charge is 0.162 e. The zero-order valence-electron chi connectivity index (χ0n) is 11.1. The maximum atomic E-state index is 6.19. The predicted molar refractivity (Wildman–Crippen MR) is 75.2 cm³/mol. The first-order valence-corrected chi connectivity index (χ1v) is 6.17. The molecular formula is C13H16ClN3O2. The molecule has 1 aromatic heterocycles. The summed E-state index contributed by atoms with van der Waals surface area (Å²) in [6.07, 6.45) is 1.67. The Morgan fingerprint density at radius 3 is 2.53 bits per heavy atom. The third-order valence-corrected chi connectivity index (χ3v) is 3.17. The van der Waals surface area contributed by atoms with Gasteiger partial charge in [-0.2, -0.15) is 0 Å². The van der Waals surface area contributed by atoms with Crippen LogP contribution in [0, 0.1) is 6.92 Å². The summed E-state index contributed by atoms with van der Waals surface area (Å²) in [7, 11) is 3.17. The monoisotopic (exact) mass is 281 g/mol. The van der Waals surface area contributed by atoms with E-state index in [2.05, 4.69) is 15.3 Å². The topological polar surface area (TPSA) is 59.2 Å². The van der Waals surface area contributed by atoms with Gasteiger partial charge in [0.05, 0.1) is 43.5 Å². The van der Waals surface area contributed by atoms with Crippen LogP contribution in [0.15, 0.2) is 18.5 Å². The maximum absolute atomic E-state index is 6.19. The van der Waals surface area contributed by atoms with Crippen molar-refractivity contribution in [2.75, 3.05) is 19.5 Å². The molecule has 0 aliphatic rings. The quantitative estimate of drug-likeness (QED) is 0.884. The first kappa shape index (κ1) is 13.5. The standard InChI is InChI=1S/C13H16ClN3O2/c1-8-11(17-7-16-8)6-15-10-5-13(19-3)12(18-2)4-9(10)14/h4-5,7,15H,6H2,1-3H3,(H,16,17). The number of imidazole rings is 1. The molecule has 0 radical (unpaired) electrons. The van der Waals surface area contributed by atoms with E-state index in [0.29, 0.717) is 23.1 Å². The minimum Gasteiger partial charge on any atom is -0.493 e. The Kier molecular flexibility index (Phi) is 4.16. The lowest BCUT2D eigenvalue weighted by atomic mass is 10.2. The lowest BCUT2D eigenvalue weighted by Crippen LogP contribution is -2.02. The summed E-state index contributed by atoms with van der Waals surface area (Å²) in [4.78, 5) is 7.25. The fourth-order valence-electron chi connectivity index (χ4n) is 1.73. The SMILES string of the molecule is COc1cc(Cl)c(NCc2nc[nH]c2C)cc1OC. The number of methoxy groups -OCH3 is 2. The number of nitrogens with zero attached hydrogens (tertiary/aromatic N) is 1. The third-order valence-electron chi connectivity index (χ3n) is 2.85. The predicted octanol–water partition coefficient (Wildman–Crippen LogP) is 3.00. The molecule has 0 spiro atoms. The van der Waals surface area contributed by atoms with Gasteiger partial charge in [-0.15, -0.1) is 0 Å². The van der Waals surface area contributed by atoms with Crippen molar-refractivity contribution >= 4 is 17.3 Å². The van der Waals surface area contributed by atoms with Gasteiger partial charge in [0.2, 0.25) is 0 Å². The molecule has 2 rings (SSSR count). The molecule has 0 aliphatic heterocycles. The Balaban J connectivity index is 2.18. The molecular weight excluding hydrogens is 266 g/mol. The number of rotatable bonds is 5. The first-order chi connectivity index (χ1) is 9.15. The number of hydrogen-bond donors (Lipinski definition) is 2. The first-order valence-electron chi connectivity index (χ1n) is 5.80. The molecule has 2 aromatic rings. The highest BCUT2D eigenvalue weighted by molar-refractivity contribution is 6.33. The average Bonchev–Trinajstić information content (AvgIpc) is 2.82. The number of aromatic amines is 1. The van der Waals surface area contributed by atoms with E-state index in [0.717, 1.165) is 17.1 Å². The van der Waals surface area contributed by atoms with Crippen LogP contribution in [0.4, 0.5) is 5.69 Å². The van der Waals surface area contributed by atoms with E-state index >= 15 is 0 Å². The summed E-state index contributed by atoms with van der Waals surface area (Å²) in [6.45, 7) is 2.56. The van der Waals surface area contributed by atoms with E-state index in [4.69, 9.17) is 21.1 Å². The van der Waals surface area contributed by atoms with Crippen LogP contribution >= 0.6 is 11.6 Å². The molecule has 0 saturated carbocycles. The van der Waals surface area contributed by atoms with E-state index in [1.54, 1.807) is 26.6 Å². The van der Waals surface area contributed by atoms with Crippen LogP contribution in [0.2, 0.25) is 5.02 Å². The highest BCUT2D eigenvalue weighted by Gasteiger charge is 2.10. The lowest BCUT2D eigenvalue weighted by Gasteiger charge is -2.13. The molecule has 0 aliphatic carbocycles. The Hall–Kier alpha value is -1.88. The van der Waals surface area contributed by atoms with Crippen molar-refractivity contribution in [3.05, 3.63) is 34.9 Å². The Morgan fingerprint density at radius 2 is 1.95 bits per heavy atom. The molecule has 0 fully saturated rings. The second-order valence-corrected chi connectivity index (χ2v) is 4.42. The second kappa shape index (κ2) is 5.84. The van der Waals surface area contributed by atoms with Crippen LogP contribution < -0.4 is 14.8 Å². The number of benzene rings is 1. The van der Waals surface area contributed by atoms with Gasteiger partial charge in [-0.25, -0.2) is 4.98 Å². The number of H-pyrrole nitrogens is 1. The van der Waals surface area contributed by atoms with Gasteiger partial charge in [-0.1, -0.05) is 11.6 Å². The molecule has 2 N–H and O–H groups in total. The minimum absolute atomic E-state index is 0.575. The Bertz CT molecular complexity index is 569. The summed E-state index contributed by atoms with van der Waals surface area (Å²) < 4.78 is 10.4. The van der Waals surface area contributed by atoms with Gasteiger partial charge in [0, 0.05) is 17.8 Å². The average molecular weight is 282 g/mol. The highest BCUT2D eigenvalue weighted by Crippen LogP contribution is 2.36. The van der Waals surface area contributed by atoms with Crippen LogP contribution in [0.1, 0.15) is 11.4 Å². The zero-order valence-corrected chi connectivity index (χ0v) is 11.8. The molecule has 0 unspecified atom stereocenters. The normalized spacial score (nSPS) is 10.3. The molecule has 0 bridgehead atoms. The minimum atomic E-state index is 0.575. The van der Waals surface area contributed by atoms with Crippen LogP contribution in [0.25, 0.3) is 0 Å². The molecule has 0 saturated heterocycles. The third kappa shape index (κ3) is 2.93. The van der Waals surface area contributed by atoms with Crippen molar-refractivity contribution in [3.8, 4) is 11.5 Å². The van der Waals surface area contributed by atoms with Crippen LogP contribution in [0.3, 0.4) is 0 Å². The van der Waals surface area contributed by atoms with Gasteiger partial charge in [0.1, 0.15) is 0 Å².